The quantitative estimate of drug-likeness (QED) is 0.421. The molecule has 0 atom stereocenters. The predicted octanol–water partition coefficient (Wildman–Crippen LogP) is 2.52. The summed E-state index contributed by atoms with van der Waals surface area (Å²) >= 11 is 0. The van der Waals surface area contributed by atoms with Crippen molar-refractivity contribution in [3.63, 3.8) is 0 Å². The summed E-state index contributed by atoms with van der Waals surface area (Å²) < 4.78 is 25.6. The highest BCUT2D eigenvalue weighted by atomic mass is 32.2. The fourth-order valence-electron chi connectivity index (χ4n) is 2.78. The number of sulfonamides is 1. The van der Waals surface area contributed by atoms with Crippen LogP contribution in [0.1, 0.15) is 23.6 Å². The standard InChI is InChI=1S/C19H22N4O5S/c1-13-7-5-8-14(2)19(13)22(29(4,27)28)12-18(24)21-20-15(3)16-9-6-10-17(11-16)23(25)26/h5-11H,12H2,1-4H3,(H,21,24)/b20-15-. The molecule has 0 aliphatic rings. The average molecular weight is 418 g/mol. The largest absolute Gasteiger partial charge is 0.271 e. The number of rotatable bonds is 7. The van der Waals surface area contributed by atoms with Gasteiger partial charge in [0.2, 0.25) is 10.0 Å². The number of hydrazone groups is 1. The van der Waals surface area contributed by atoms with E-state index in [-0.39, 0.29) is 5.69 Å². The van der Waals surface area contributed by atoms with Crippen molar-refractivity contribution in [2.75, 3.05) is 17.1 Å². The lowest BCUT2D eigenvalue weighted by molar-refractivity contribution is -0.384. The Morgan fingerprint density at radius 3 is 2.31 bits per heavy atom. The van der Waals surface area contributed by atoms with Gasteiger partial charge in [0.1, 0.15) is 6.54 Å². The first-order valence-corrected chi connectivity index (χ1v) is 10.5. The van der Waals surface area contributed by atoms with Gasteiger partial charge in [-0.05, 0) is 31.9 Å². The summed E-state index contributed by atoms with van der Waals surface area (Å²) in [7, 11) is -3.71. The number of nitro groups is 1. The van der Waals surface area contributed by atoms with Crippen molar-refractivity contribution in [1.82, 2.24) is 5.43 Å². The number of carbonyl (C=O) groups is 1. The number of nitrogens with zero attached hydrogens (tertiary/aromatic N) is 3. The minimum atomic E-state index is -3.71. The average Bonchev–Trinajstić information content (AvgIpc) is 2.64. The summed E-state index contributed by atoms with van der Waals surface area (Å²) in [6.07, 6.45) is 1.03. The molecule has 0 aliphatic carbocycles. The first-order chi connectivity index (χ1) is 13.5. The van der Waals surface area contributed by atoms with Gasteiger partial charge >= 0.3 is 0 Å². The molecule has 0 bridgehead atoms. The van der Waals surface area contributed by atoms with Crippen LogP contribution in [0, 0.1) is 24.0 Å². The van der Waals surface area contributed by atoms with E-state index in [2.05, 4.69) is 10.5 Å². The Hall–Kier alpha value is -3.27. The lowest BCUT2D eigenvalue weighted by atomic mass is 10.1. The smallest absolute Gasteiger partial charge is 0.270 e. The number of hydrogen-bond acceptors (Lipinski definition) is 6. The molecule has 0 saturated carbocycles. The van der Waals surface area contributed by atoms with Crippen molar-refractivity contribution >= 4 is 33.0 Å². The number of anilines is 1. The van der Waals surface area contributed by atoms with Crippen molar-refractivity contribution in [2.45, 2.75) is 20.8 Å². The van der Waals surface area contributed by atoms with E-state index in [1.807, 2.05) is 0 Å². The zero-order valence-corrected chi connectivity index (χ0v) is 17.4. The minimum Gasteiger partial charge on any atom is -0.271 e. The molecule has 0 aromatic heterocycles. The van der Waals surface area contributed by atoms with E-state index in [0.29, 0.717) is 17.0 Å². The zero-order chi connectivity index (χ0) is 21.8. The molecule has 0 heterocycles. The van der Waals surface area contributed by atoms with Crippen LogP contribution in [-0.4, -0.2) is 37.8 Å². The molecular weight excluding hydrogens is 396 g/mol. The fourth-order valence-corrected chi connectivity index (χ4v) is 3.75. The second-order valence-corrected chi connectivity index (χ2v) is 8.46. The minimum absolute atomic E-state index is 0.0957. The Balaban J connectivity index is 2.22. The number of non-ortho nitro benzene ring substituents is 1. The third-order valence-corrected chi connectivity index (χ3v) is 5.31. The van der Waals surface area contributed by atoms with Gasteiger partial charge in [-0.15, -0.1) is 0 Å². The fraction of sp³-hybridized carbons (Fsp3) is 0.263. The molecule has 9 nitrogen and oxygen atoms in total. The van der Waals surface area contributed by atoms with Crippen LogP contribution >= 0.6 is 0 Å². The third kappa shape index (κ3) is 5.61. The van der Waals surface area contributed by atoms with Crippen molar-refractivity contribution < 1.29 is 18.1 Å². The van der Waals surface area contributed by atoms with Gasteiger partial charge in [0.05, 0.1) is 22.6 Å². The van der Waals surface area contributed by atoms with Gasteiger partial charge in [0.15, 0.2) is 0 Å². The molecule has 0 radical (unpaired) electrons. The Kier molecular flexibility index (Phi) is 6.70. The van der Waals surface area contributed by atoms with E-state index < -0.39 is 27.4 Å². The van der Waals surface area contributed by atoms with E-state index in [4.69, 9.17) is 0 Å². The highest BCUT2D eigenvalue weighted by Crippen LogP contribution is 2.26. The number of aryl methyl sites for hydroxylation is 2. The predicted molar refractivity (Wildman–Crippen MR) is 112 cm³/mol. The maximum absolute atomic E-state index is 12.4. The van der Waals surface area contributed by atoms with Crippen molar-refractivity contribution in [3.05, 3.63) is 69.3 Å². The van der Waals surface area contributed by atoms with Crippen LogP contribution in [0.5, 0.6) is 0 Å². The first-order valence-electron chi connectivity index (χ1n) is 8.62. The molecule has 2 aromatic carbocycles. The highest BCUT2D eigenvalue weighted by molar-refractivity contribution is 7.92. The van der Waals surface area contributed by atoms with Crippen LogP contribution in [0.3, 0.4) is 0 Å². The Morgan fingerprint density at radius 1 is 1.17 bits per heavy atom. The van der Waals surface area contributed by atoms with E-state index in [1.165, 1.54) is 18.2 Å². The maximum Gasteiger partial charge on any atom is 0.270 e. The summed E-state index contributed by atoms with van der Waals surface area (Å²) in [6.45, 7) is 4.67. The molecule has 0 spiro atoms. The number of carbonyl (C=O) groups excluding carboxylic acids is 1. The third-order valence-electron chi connectivity index (χ3n) is 4.20. The Morgan fingerprint density at radius 2 is 1.76 bits per heavy atom. The molecule has 2 rings (SSSR count). The van der Waals surface area contributed by atoms with Crippen molar-refractivity contribution in [2.24, 2.45) is 5.10 Å². The summed E-state index contributed by atoms with van der Waals surface area (Å²) in [5.41, 5.74) is 4.92. The van der Waals surface area contributed by atoms with E-state index in [1.54, 1.807) is 45.0 Å². The van der Waals surface area contributed by atoms with Crippen LogP contribution in [0.25, 0.3) is 0 Å². The molecule has 0 aliphatic heterocycles. The lowest BCUT2D eigenvalue weighted by Gasteiger charge is -2.25. The van der Waals surface area contributed by atoms with E-state index >= 15 is 0 Å². The molecule has 0 unspecified atom stereocenters. The second-order valence-electron chi connectivity index (χ2n) is 6.55. The van der Waals surface area contributed by atoms with Gasteiger partial charge in [0, 0.05) is 17.7 Å². The Bertz CT molecular complexity index is 1060. The molecule has 154 valence electrons. The van der Waals surface area contributed by atoms with Crippen LogP contribution in [0.15, 0.2) is 47.6 Å². The number of amides is 1. The van der Waals surface area contributed by atoms with Gasteiger partial charge in [-0.25, -0.2) is 13.8 Å². The van der Waals surface area contributed by atoms with Crippen LogP contribution in [0.4, 0.5) is 11.4 Å². The number of para-hydroxylation sites is 1. The van der Waals surface area contributed by atoms with E-state index in [9.17, 15) is 23.3 Å². The molecular formula is C19H22N4O5S. The second kappa shape index (κ2) is 8.82. The molecule has 29 heavy (non-hydrogen) atoms. The van der Waals surface area contributed by atoms with Gasteiger partial charge in [-0.1, -0.05) is 30.3 Å². The SMILES string of the molecule is C/C(=N/NC(=O)CN(c1c(C)cccc1C)S(C)(=O)=O)c1cccc([N+](=O)[O-])c1. The molecule has 0 saturated heterocycles. The number of nitrogens with one attached hydrogen (secondary N) is 1. The Labute approximate surface area is 169 Å². The summed E-state index contributed by atoms with van der Waals surface area (Å²) in [4.78, 5) is 22.7. The van der Waals surface area contributed by atoms with Crippen LogP contribution < -0.4 is 9.73 Å². The van der Waals surface area contributed by atoms with Crippen LogP contribution in [0.2, 0.25) is 0 Å². The summed E-state index contributed by atoms with van der Waals surface area (Å²) in [5.74, 6) is -0.636. The van der Waals surface area contributed by atoms with Gasteiger partial charge in [0.25, 0.3) is 11.6 Å². The van der Waals surface area contributed by atoms with Crippen molar-refractivity contribution in [1.29, 1.82) is 0 Å². The van der Waals surface area contributed by atoms with Crippen LogP contribution in [-0.2, 0) is 14.8 Å². The number of hydrogen-bond donors (Lipinski definition) is 1. The van der Waals surface area contributed by atoms with Gasteiger partial charge in [-0.3, -0.25) is 19.2 Å². The summed E-state index contributed by atoms with van der Waals surface area (Å²) in [5, 5.41) is 14.8. The first kappa shape index (κ1) is 22.0. The highest BCUT2D eigenvalue weighted by Gasteiger charge is 2.23. The zero-order valence-electron chi connectivity index (χ0n) is 16.5. The van der Waals surface area contributed by atoms with E-state index in [0.717, 1.165) is 21.7 Å². The van der Waals surface area contributed by atoms with Gasteiger partial charge in [-0.2, -0.15) is 5.10 Å². The van der Waals surface area contributed by atoms with Crippen molar-refractivity contribution in [3.8, 4) is 0 Å². The normalized spacial score (nSPS) is 11.8. The van der Waals surface area contributed by atoms with Gasteiger partial charge < -0.3 is 0 Å². The lowest BCUT2D eigenvalue weighted by Crippen LogP contribution is -2.40. The molecule has 10 heteroatoms. The molecule has 2 aromatic rings. The monoisotopic (exact) mass is 418 g/mol. The molecule has 1 amide bonds. The number of benzene rings is 2. The topological polar surface area (TPSA) is 122 Å². The maximum atomic E-state index is 12.4. The molecule has 0 fully saturated rings. The number of nitro benzene ring substituents is 1. The molecule has 1 N–H and O–H groups in total. The summed E-state index contributed by atoms with van der Waals surface area (Å²) in [6, 6.07) is 11.2.